The van der Waals surface area contributed by atoms with Crippen LogP contribution in [0, 0.1) is 12.8 Å². The normalized spacial score (nSPS) is 18.4. The fraction of sp³-hybridized carbons (Fsp3) is 0.647. The Kier molecular flexibility index (Phi) is 4.69. The summed E-state index contributed by atoms with van der Waals surface area (Å²) in [6.07, 6.45) is 2.64. The van der Waals surface area contributed by atoms with Crippen LogP contribution in [0.25, 0.3) is 11.1 Å². The van der Waals surface area contributed by atoms with E-state index in [9.17, 15) is 4.79 Å². The van der Waals surface area contributed by atoms with Crippen LogP contribution in [0.1, 0.15) is 45.1 Å². The highest BCUT2D eigenvalue weighted by Crippen LogP contribution is 2.30. The van der Waals surface area contributed by atoms with Crippen molar-refractivity contribution in [2.45, 2.75) is 53.0 Å². The molecular weight excluding hydrogens is 306 g/mol. The van der Waals surface area contributed by atoms with Gasteiger partial charge in [0.05, 0.1) is 11.6 Å². The lowest BCUT2D eigenvalue weighted by molar-refractivity contribution is -0.125. The zero-order valence-corrected chi connectivity index (χ0v) is 14.8. The van der Waals surface area contributed by atoms with E-state index in [-0.39, 0.29) is 17.9 Å². The largest absolute Gasteiger partial charge is 0.355 e. The van der Waals surface area contributed by atoms with Gasteiger partial charge in [0, 0.05) is 19.1 Å². The summed E-state index contributed by atoms with van der Waals surface area (Å²) in [6, 6.07) is 0.158. The van der Waals surface area contributed by atoms with Crippen molar-refractivity contribution in [3.05, 3.63) is 11.5 Å². The van der Waals surface area contributed by atoms with Crippen molar-refractivity contribution >= 4 is 22.8 Å². The maximum Gasteiger partial charge on any atom is 0.263 e. The molecule has 2 aromatic heterocycles. The first-order chi connectivity index (χ1) is 11.5. The molecule has 0 bridgehead atoms. The van der Waals surface area contributed by atoms with Crippen LogP contribution in [-0.2, 0) is 11.2 Å². The number of fused-ring (bicyclic) bond motifs is 1. The van der Waals surface area contributed by atoms with Crippen molar-refractivity contribution in [2.75, 3.05) is 18.0 Å². The third-order valence-electron chi connectivity index (χ3n) is 4.36. The molecule has 0 aromatic carbocycles. The Morgan fingerprint density at radius 3 is 2.92 bits per heavy atom. The van der Waals surface area contributed by atoms with Gasteiger partial charge in [0.25, 0.3) is 5.71 Å². The Hall–Kier alpha value is -2.18. The lowest BCUT2D eigenvalue weighted by Crippen LogP contribution is -2.45. The number of aromatic nitrogens is 3. The summed E-state index contributed by atoms with van der Waals surface area (Å²) in [5.41, 5.74) is 1.40. The average Bonchev–Trinajstić information content (AvgIpc) is 2.96. The second kappa shape index (κ2) is 6.75. The lowest BCUT2D eigenvalue weighted by atomic mass is 9.96. The maximum atomic E-state index is 12.4. The summed E-state index contributed by atoms with van der Waals surface area (Å²) in [4.78, 5) is 23.6. The van der Waals surface area contributed by atoms with Gasteiger partial charge in [-0.25, -0.2) is 4.98 Å². The molecule has 0 aliphatic carbocycles. The number of carbonyl (C=O) groups excluding carboxylic acids is 1. The van der Waals surface area contributed by atoms with E-state index in [0.717, 1.165) is 42.7 Å². The minimum absolute atomic E-state index is 0.0172. The highest BCUT2D eigenvalue weighted by atomic mass is 16.5. The number of rotatable bonds is 4. The molecular formula is C17H25N5O2. The van der Waals surface area contributed by atoms with Gasteiger partial charge in [0.1, 0.15) is 17.0 Å². The van der Waals surface area contributed by atoms with Gasteiger partial charge < -0.3 is 14.7 Å². The molecule has 1 aliphatic rings. The van der Waals surface area contributed by atoms with Gasteiger partial charge in [-0.15, -0.1) is 0 Å². The van der Waals surface area contributed by atoms with E-state index in [1.165, 1.54) is 0 Å². The topological polar surface area (TPSA) is 84.2 Å². The second-order valence-electron chi connectivity index (χ2n) is 6.71. The molecule has 1 aliphatic heterocycles. The molecule has 3 rings (SSSR count). The van der Waals surface area contributed by atoms with Gasteiger partial charge in [-0.1, -0.05) is 12.1 Å². The van der Waals surface area contributed by atoms with Gasteiger partial charge in [0.2, 0.25) is 5.91 Å². The van der Waals surface area contributed by atoms with E-state index in [2.05, 4.69) is 25.3 Å². The summed E-state index contributed by atoms with van der Waals surface area (Å²) in [5, 5.41) is 8.02. The monoisotopic (exact) mass is 331 g/mol. The summed E-state index contributed by atoms with van der Waals surface area (Å²) in [7, 11) is 0. The molecule has 3 heterocycles. The molecule has 2 aromatic rings. The predicted octanol–water partition coefficient (Wildman–Crippen LogP) is 2.23. The van der Waals surface area contributed by atoms with Crippen LogP contribution >= 0.6 is 0 Å². The number of carbonyl (C=O) groups is 1. The average molecular weight is 331 g/mol. The highest BCUT2D eigenvalue weighted by molar-refractivity contribution is 5.89. The second-order valence-corrected chi connectivity index (χ2v) is 6.71. The number of hydrogen-bond donors (Lipinski definition) is 1. The van der Waals surface area contributed by atoms with Crippen molar-refractivity contribution in [3.63, 3.8) is 0 Å². The quantitative estimate of drug-likeness (QED) is 0.925. The molecule has 0 radical (unpaired) electrons. The van der Waals surface area contributed by atoms with Crippen LogP contribution < -0.4 is 10.2 Å². The molecule has 0 saturated carbocycles. The van der Waals surface area contributed by atoms with E-state index in [4.69, 9.17) is 4.52 Å². The number of aryl methyl sites for hydroxylation is 2. The SMILES string of the molecule is CCc1noc2nc(C)nc(N3CCC[C@@H](C(=O)NC(C)C)C3)c12. The van der Waals surface area contributed by atoms with E-state index >= 15 is 0 Å². The molecule has 7 nitrogen and oxygen atoms in total. The van der Waals surface area contributed by atoms with Crippen LogP contribution in [-0.4, -0.2) is 40.2 Å². The number of nitrogens with one attached hydrogen (secondary N) is 1. The number of hydrogen-bond acceptors (Lipinski definition) is 6. The number of amides is 1. The molecule has 1 saturated heterocycles. The Labute approximate surface area is 141 Å². The molecule has 0 unspecified atom stereocenters. The molecule has 0 spiro atoms. The minimum Gasteiger partial charge on any atom is -0.355 e. The standard InChI is InChI=1S/C17H25N5O2/c1-5-13-14-15(19-11(4)20-17(14)24-21-13)22-8-6-7-12(9-22)16(23)18-10(2)3/h10,12H,5-9H2,1-4H3,(H,18,23)/t12-/m1/s1. The third kappa shape index (κ3) is 3.20. The van der Waals surface area contributed by atoms with Crippen molar-refractivity contribution in [1.29, 1.82) is 0 Å². The molecule has 1 amide bonds. The van der Waals surface area contributed by atoms with Crippen molar-refractivity contribution in [2.24, 2.45) is 5.92 Å². The van der Waals surface area contributed by atoms with Crippen molar-refractivity contribution in [3.8, 4) is 0 Å². The lowest BCUT2D eigenvalue weighted by Gasteiger charge is -2.33. The van der Waals surface area contributed by atoms with Gasteiger partial charge in [-0.3, -0.25) is 4.79 Å². The van der Waals surface area contributed by atoms with Gasteiger partial charge in [-0.05, 0) is 40.0 Å². The third-order valence-corrected chi connectivity index (χ3v) is 4.36. The van der Waals surface area contributed by atoms with Crippen LogP contribution in [0.15, 0.2) is 4.52 Å². The fourth-order valence-corrected chi connectivity index (χ4v) is 3.25. The van der Waals surface area contributed by atoms with Crippen LogP contribution in [0.3, 0.4) is 0 Å². The van der Waals surface area contributed by atoms with Crippen LogP contribution in [0.2, 0.25) is 0 Å². The minimum atomic E-state index is -0.0172. The zero-order chi connectivity index (χ0) is 17.3. The summed E-state index contributed by atoms with van der Waals surface area (Å²) < 4.78 is 5.37. The molecule has 24 heavy (non-hydrogen) atoms. The van der Waals surface area contributed by atoms with E-state index in [1.807, 2.05) is 27.7 Å². The Morgan fingerprint density at radius 2 is 2.21 bits per heavy atom. The van der Waals surface area contributed by atoms with Gasteiger partial charge >= 0.3 is 0 Å². The first-order valence-electron chi connectivity index (χ1n) is 8.67. The molecule has 7 heteroatoms. The van der Waals surface area contributed by atoms with Gasteiger partial charge in [-0.2, -0.15) is 4.98 Å². The van der Waals surface area contributed by atoms with Crippen molar-refractivity contribution < 1.29 is 9.32 Å². The van der Waals surface area contributed by atoms with Crippen LogP contribution in [0.4, 0.5) is 5.82 Å². The number of piperidine rings is 1. The van der Waals surface area contributed by atoms with E-state index in [0.29, 0.717) is 18.1 Å². The highest BCUT2D eigenvalue weighted by Gasteiger charge is 2.29. The number of nitrogens with zero attached hydrogens (tertiary/aromatic N) is 4. The van der Waals surface area contributed by atoms with Gasteiger partial charge in [0.15, 0.2) is 0 Å². The first-order valence-corrected chi connectivity index (χ1v) is 8.67. The van der Waals surface area contributed by atoms with Crippen LogP contribution in [0.5, 0.6) is 0 Å². The fourth-order valence-electron chi connectivity index (χ4n) is 3.25. The Bertz CT molecular complexity index is 740. The van der Waals surface area contributed by atoms with Crippen molar-refractivity contribution in [1.82, 2.24) is 20.4 Å². The van der Waals surface area contributed by atoms with E-state index in [1.54, 1.807) is 0 Å². The Balaban J connectivity index is 1.92. The molecule has 1 fully saturated rings. The zero-order valence-electron chi connectivity index (χ0n) is 14.8. The Morgan fingerprint density at radius 1 is 1.42 bits per heavy atom. The number of anilines is 1. The summed E-state index contributed by atoms with van der Waals surface area (Å²) in [6.45, 7) is 9.41. The first kappa shape index (κ1) is 16.7. The summed E-state index contributed by atoms with van der Waals surface area (Å²) >= 11 is 0. The molecule has 1 N–H and O–H groups in total. The smallest absolute Gasteiger partial charge is 0.263 e. The predicted molar refractivity (Wildman–Crippen MR) is 91.9 cm³/mol. The summed E-state index contributed by atoms with van der Waals surface area (Å²) in [5.74, 6) is 1.61. The maximum absolute atomic E-state index is 12.4. The molecule has 130 valence electrons. The van der Waals surface area contributed by atoms with E-state index < -0.39 is 0 Å². The molecule has 1 atom stereocenters.